The Bertz CT molecular complexity index is 1270. The van der Waals surface area contributed by atoms with Gasteiger partial charge in [-0.25, -0.2) is 4.79 Å². The average Bonchev–Trinajstić information content (AvgIpc) is 2.89. The van der Waals surface area contributed by atoms with E-state index in [9.17, 15) is 10.1 Å². The third kappa shape index (κ3) is 5.00. The number of esters is 1. The van der Waals surface area contributed by atoms with E-state index < -0.39 is 5.97 Å². The summed E-state index contributed by atoms with van der Waals surface area (Å²) >= 11 is 0. The molecule has 0 radical (unpaired) electrons. The van der Waals surface area contributed by atoms with Gasteiger partial charge < -0.3 is 9.64 Å². The summed E-state index contributed by atoms with van der Waals surface area (Å²) in [6, 6.07) is 35.8. The second-order valence-corrected chi connectivity index (χ2v) is 7.34. The zero-order valence-corrected chi connectivity index (χ0v) is 18.2. The number of anilines is 3. The van der Waals surface area contributed by atoms with Crippen LogP contribution in [-0.4, -0.2) is 13.1 Å². The maximum atomic E-state index is 11.7. The van der Waals surface area contributed by atoms with Crippen molar-refractivity contribution in [2.75, 3.05) is 12.0 Å². The highest BCUT2D eigenvalue weighted by atomic mass is 16.5. The van der Waals surface area contributed by atoms with Gasteiger partial charge in [-0.1, -0.05) is 66.7 Å². The number of ether oxygens (including phenoxy) is 1. The Hall–Kier alpha value is -4.62. The minimum atomic E-state index is -0.459. The van der Waals surface area contributed by atoms with Gasteiger partial charge in [-0.3, -0.25) is 0 Å². The molecule has 0 aromatic heterocycles. The van der Waals surface area contributed by atoms with Crippen LogP contribution in [0.2, 0.25) is 0 Å². The van der Waals surface area contributed by atoms with Crippen molar-refractivity contribution in [1.29, 1.82) is 5.26 Å². The lowest BCUT2D eigenvalue weighted by Gasteiger charge is -2.25. The summed E-state index contributed by atoms with van der Waals surface area (Å²) in [5.41, 5.74) is 5.73. The lowest BCUT2D eigenvalue weighted by Crippen LogP contribution is -2.09. The van der Waals surface area contributed by atoms with Gasteiger partial charge in [0.2, 0.25) is 0 Å². The van der Waals surface area contributed by atoms with E-state index in [0.717, 1.165) is 28.2 Å². The fourth-order valence-electron chi connectivity index (χ4n) is 3.57. The summed E-state index contributed by atoms with van der Waals surface area (Å²) in [4.78, 5) is 13.9. The zero-order chi connectivity index (χ0) is 23.0. The molecule has 0 spiro atoms. The molecular weight excluding hydrogens is 408 g/mol. The number of nitriles is 1. The molecule has 0 saturated carbocycles. The lowest BCUT2D eigenvalue weighted by molar-refractivity contribution is 0.0600. The number of rotatable bonds is 6. The van der Waals surface area contributed by atoms with E-state index in [1.54, 1.807) is 18.2 Å². The van der Waals surface area contributed by atoms with Gasteiger partial charge in [-0.05, 0) is 59.7 Å². The van der Waals surface area contributed by atoms with Gasteiger partial charge >= 0.3 is 5.97 Å². The van der Waals surface area contributed by atoms with E-state index in [4.69, 9.17) is 4.74 Å². The van der Waals surface area contributed by atoms with E-state index >= 15 is 0 Å². The van der Waals surface area contributed by atoms with Gasteiger partial charge in [0.25, 0.3) is 0 Å². The quantitative estimate of drug-likeness (QED) is 0.244. The predicted octanol–water partition coefficient (Wildman–Crippen LogP) is 6.99. The SMILES string of the molecule is COC(=O)c1ccc(/C=C/c2ccc(N(c3ccccc3)c3ccccc3)cc2)c(C#N)c1. The fourth-order valence-corrected chi connectivity index (χ4v) is 3.57. The normalized spacial score (nSPS) is 10.5. The average molecular weight is 431 g/mol. The first kappa shape index (κ1) is 21.6. The highest BCUT2D eigenvalue weighted by Gasteiger charge is 2.11. The molecule has 4 aromatic carbocycles. The molecule has 0 aliphatic heterocycles. The molecule has 0 fully saturated rings. The maximum absolute atomic E-state index is 11.7. The van der Waals surface area contributed by atoms with Crippen molar-refractivity contribution in [3.63, 3.8) is 0 Å². The summed E-state index contributed by atoms with van der Waals surface area (Å²) in [5, 5.41) is 9.47. The van der Waals surface area contributed by atoms with Gasteiger partial charge in [0.15, 0.2) is 0 Å². The number of hydrogen-bond donors (Lipinski definition) is 0. The molecule has 0 saturated heterocycles. The molecule has 0 heterocycles. The molecule has 0 atom stereocenters. The van der Waals surface area contributed by atoms with Gasteiger partial charge in [0.05, 0.1) is 24.3 Å². The molecular formula is C29H22N2O2. The van der Waals surface area contributed by atoms with Crippen molar-refractivity contribution in [2.45, 2.75) is 0 Å². The van der Waals surface area contributed by atoms with Crippen molar-refractivity contribution >= 4 is 35.2 Å². The van der Waals surface area contributed by atoms with Gasteiger partial charge in [-0.2, -0.15) is 5.26 Å². The maximum Gasteiger partial charge on any atom is 0.337 e. The molecule has 0 N–H and O–H groups in total. The van der Waals surface area contributed by atoms with Crippen molar-refractivity contribution in [3.8, 4) is 6.07 Å². The molecule has 33 heavy (non-hydrogen) atoms. The molecule has 0 amide bonds. The number of carbonyl (C=O) groups is 1. The van der Waals surface area contributed by atoms with Crippen LogP contribution >= 0.6 is 0 Å². The van der Waals surface area contributed by atoms with Crippen LogP contribution in [0, 0.1) is 11.3 Å². The van der Waals surface area contributed by atoms with Crippen molar-refractivity contribution in [3.05, 3.63) is 125 Å². The standard InChI is InChI=1S/C29H22N2O2/c1-33-29(32)24-17-16-23(25(20-24)21-30)15-12-22-13-18-28(19-14-22)31(26-8-4-2-5-9-26)27-10-6-3-7-11-27/h2-20H,1H3/b15-12+. The third-order valence-electron chi connectivity index (χ3n) is 5.23. The number of carbonyl (C=O) groups excluding carboxylic acids is 1. The molecule has 0 bridgehead atoms. The molecule has 4 heteroatoms. The van der Waals surface area contributed by atoms with Crippen molar-refractivity contribution in [1.82, 2.24) is 0 Å². The summed E-state index contributed by atoms with van der Waals surface area (Å²) in [6.45, 7) is 0. The van der Waals surface area contributed by atoms with Crippen LogP contribution in [-0.2, 0) is 4.74 Å². The lowest BCUT2D eigenvalue weighted by atomic mass is 10.0. The van der Waals surface area contributed by atoms with Gasteiger partial charge in [0.1, 0.15) is 0 Å². The molecule has 0 unspecified atom stereocenters. The molecule has 0 aliphatic carbocycles. The van der Waals surface area contributed by atoms with Crippen LogP contribution in [0.15, 0.2) is 103 Å². The molecule has 4 aromatic rings. The summed E-state index contributed by atoms with van der Waals surface area (Å²) in [7, 11) is 1.32. The topological polar surface area (TPSA) is 53.3 Å². The van der Waals surface area contributed by atoms with Crippen LogP contribution < -0.4 is 4.90 Å². The zero-order valence-electron chi connectivity index (χ0n) is 18.2. The largest absolute Gasteiger partial charge is 0.465 e. The summed E-state index contributed by atoms with van der Waals surface area (Å²) < 4.78 is 4.73. The number of hydrogen-bond acceptors (Lipinski definition) is 4. The molecule has 160 valence electrons. The van der Waals surface area contributed by atoms with Crippen LogP contribution in [0.1, 0.15) is 27.0 Å². The van der Waals surface area contributed by atoms with Crippen molar-refractivity contribution in [2.24, 2.45) is 0 Å². The second kappa shape index (κ2) is 10.1. The van der Waals surface area contributed by atoms with Gasteiger partial charge in [-0.15, -0.1) is 0 Å². The monoisotopic (exact) mass is 430 g/mol. The number of nitrogens with zero attached hydrogens (tertiary/aromatic N) is 2. The Morgan fingerprint density at radius 1 is 0.788 bits per heavy atom. The van der Waals surface area contributed by atoms with Crippen molar-refractivity contribution < 1.29 is 9.53 Å². The van der Waals surface area contributed by atoms with E-state index in [2.05, 4.69) is 47.4 Å². The number of benzene rings is 4. The predicted molar refractivity (Wildman–Crippen MR) is 133 cm³/mol. The minimum Gasteiger partial charge on any atom is -0.465 e. The highest BCUT2D eigenvalue weighted by molar-refractivity contribution is 5.90. The first-order valence-corrected chi connectivity index (χ1v) is 10.5. The van der Waals surface area contributed by atoms with E-state index in [1.807, 2.05) is 60.7 Å². The first-order valence-electron chi connectivity index (χ1n) is 10.5. The summed E-state index contributed by atoms with van der Waals surface area (Å²) in [5.74, 6) is -0.459. The molecule has 4 rings (SSSR count). The Morgan fingerprint density at radius 3 is 1.91 bits per heavy atom. The second-order valence-electron chi connectivity index (χ2n) is 7.34. The molecule has 0 aliphatic rings. The van der Waals surface area contributed by atoms with E-state index in [1.165, 1.54) is 7.11 Å². The number of methoxy groups -OCH3 is 1. The van der Waals surface area contributed by atoms with E-state index in [-0.39, 0.29) is 0 Å². The number of para-hydroxylation sites is 2. The van der Waals surface area contributed by atoms with E-state index in [0.29, 0.717) is 11.1 Å². The Labute approximate surface area is 193 Å². The Morgan fingerprint density at radius 2 is 1.36 bits per heavy atom. The van der Waals surface area contributed by atoms with Crippen LogP contribution in [0.3, 0.4) is 0 Å². The van der Waals surface area contributed by atoms with Crippen LogP contribution in [0.4, 0.5) is 17.1 Å². The third-order valence-corrected chi connectivity index (χ3v) is 5.23. The van der Waals surface area contributed by atoms with Crippen LogP contribution in [0.5, 0.6) is 0 Å². The first-order chi connectivity index (χ1) is 16.2. The molecule has 4 nitrogen and oxygen atoms in total. The Kier molecular flexibility index (Phi) is 6.63. The van der Waals surface area contributed by atoms with Gasteiger partial charge in [0, 0.05) is 17.1 Å². The summed E-state index contributed by atoms with van der Waals surface area (Å²) in [6.07, 6.45) is 3.83. The van der Waals surface area contributed by atoms with Crippen LogP contribution in [0.25, 0.3) is 12.2 Å². The fraction of sp³-hybridized carbons (Fsp3) is 0.0345. The minimum absolute atomic E-state index is 0.359. The smallest absolute Gasteiger partial charge is 0.337 e. The highest BCUT2D eigenvalue weighted by Crippen LogP contribution is 2.34. The Balaban J connectivity index is 1.61.